The van der Waals surface area contributed by atoms with Gasteiger partial charge in [0.15, 0.2) is 0 Å². The highest BCUT2D eigenvalue weighted by Gasteiger charge is 2.06. The summed E-state index contributed by atoms with van der Waals surface area (Å²) < 4.78 is 2.16. The molecule has 3 heteroatoms. The third kappa shape index (κ3) is 1.82. The van der Waals surface area contributed by atoms with Gasteiger partial charge in [0.25, 0.3) is 0 Å². The van der Waals surface area contributed by atoms with E-state index in [0.717, 1.165) is 28.8 Å². The van der Waals surface area contributed by atoms with Gasteiger partial charge in [0.2, 0.25) is 0 Å². The van der Waals surface area contributed by atoms with Gasteiger partial charge in [0.05, 0.1) is 17.4 Å². The molecule has 1 aromatic carbocycles. The Morgan fingerprint density at radius 3 is 2.80 bits per heavy atom. The summed E-state index contributed by atoms with van der Waals surface area (Å²) in [6.45, 7) is 7.39. The number of aromatic nitrogens is 2. The van der Waals surface area contributed by atoms with Gasteiger partial charge < -0.3 is 10.3 Å². The molecule has 1 aromatic heterocycles. The van der Waals surface area contributed by atoms with Crippen LogP contribution in [0, 0.1) is 12.8 Å². The second-order valence-electron chi connectivity index (χ2n) is 4.49. The zero-order valence-corrected chi connectivity index (χ0v) is 9.49. The van der Waals surface area contributed by atoms with Crippen LogP contribution in [0.2, 0.25) is 0 Å². The van der Waals surface area contributed by atoms with E-state index in [2.05, 4.69) is 23.4 Å². The van der Waals surface area contributed by atoms with Crippen LogP contribution in [0.1, 0.15) is 19.4 Å². The number of hydrogen-bond donors (Lipinski definition) is 1. The van der Waals surface area contributed by atoms with Crippen molar-refractivity contribution in [2.45, 2.75) is 27.3 Å². The minimum atomic E-state index is 0.616. The van der Waals surface area contributed by atoms with E-state index in [1.807, 2.05) is 25.4 Å². The number of nitrogens with two attached hydrogens (primary N) is 1. The van der Waals surface area contributed by atoms with Crippen LogP contribution >= 0.6 is 0 Å². The van der Waals surface area contributed by atoms with Crippen molar-refractivity contribution in [1.29, 1.82) is 0 Å². The first-order valence-corrected chi connectivity index (χ1v) is 5.29. The molecule has 0 spiro atoms. The number of aryl methyl sites for hydroxylation is 1. The van der Waals surface area contributed by atoms with Gasteiger partial charge in [-0.05, 0) is 30.5 Å². The summed E-state index contributed by atoms with van der Waals surface area (Å²) in [5, 5.41) is 0. The van der Waals surface area contributed by atoms with Crippen molar-refractivity contribution in [1.82, 2.24) is 9.55 Å². The van der Waals surface area contributed by atoms with Gasteiger partial charge >= 0.3 is 0 Å². The molecule has 0 saturated carbocycles. The highest BCUT2D eigenvalue weighted by atomic mass is 15.0. The van der Waals surface area contributed by atoms with Crippen molar-refractivity contribution >= 4 is 16.7 Å². The lowest BCUT2D eigenvalue weighted by atomic mass is 10.1. The molecule has 0 fully saturated rings. The molecule has 80 valence electrons. The van der Waals surface area contributed by atoms with E-state index >= 15 is 0 Å². The van der Waals surface area contributed by atoms with E-state index in [0.29, 0.717) is 5.92 Å². The van der Waals surface area contributed by atoms with Crippen LogP contribution in [0.5, 0.6) is 0 Å². The molecule has 0 unspecified atom stereocenters. The molecular weight excluding hydrogens is 186 g/mol. The van der Waals surface area contributed by atoms with Crippen molar-refractivity contribution < 1.29 is 0 Å². The lowest BCUT2D eigenvalue weighted by Gasteiger charge is -2.08. The van der Waals surface area contributed by atoms with Crippen molar-refractivity contribution in [2.75, 3.05) is 5.73 Å². The van der Waals surface area contributed by atoms with Crippen LogP contribution in [0.25, 0.3) is 11.0 Å². The van der Waals surface area contributed by atoms with Crippen LogP contribution in [-0.4, -0.2) is 9.55 Å². The number of fused-ring (bicyclic) bond motifs is 1. The second kappa shape index (κ2) is 3.57. The van der Waals surface area contributed by atoms with E-state index in [9.17, 15) is 0 Å². The zero-order chi connectivity index (χ0) is 11.0. The first-order valence-electron chi connectivity index (χ1n) is 5.29. The van der Waals surface area contributed by atoms with Gasteiger partial charge in [0.1, 0.15) is 0 Å². The first kappa shape index (κ1) is 10.0. The van der Waals surface area contributed by atoms with Crippen molar-refractivity contribution in [2.24, 2.45) is 5.92 Å². The Hall–Kier alpha value is -1.51. The largest absolute Gasteiger partial charge is 0.398 e. The Bertz CT molecular complexity index is 483. The summed E-state index contributed by atoms with van der Waals surface area (Å²) in [5.41, 5.74) is 10.0. The molecule has 0 aliphatic heterocycles. The zero-order valence-electron chi connectivity index (χ0n) is 9.49. The number of imidazole rings is 1. The van der Waals surface area contributed by atoms with Crippen LogP contribution in [0.15, 0.2) is 18.5 Å². The Morgan fingerprint density at radius 1 is 1.40 bits per heavy atom. The van der Waals surface area contributed by atoms with Crippen LogP contribution in [-0.2, 0) is 6.54 Å². The highest BCUT2D eigenvalue weighted by Crippen LogP contribution is 2.21. The van der Waals surface area contributed by atoms with Crippen molar-refractivity contribution in [3.8, 4) is 0 Å². The molecule has 2 aromatic rings. The number of hydrogen-bond acceptors (Lipinski definition) is 2. The molecular formula is C12H17N3. The van der Waals surface area contributed by atoms with E-state index in [1.165, 1.54) is 0 Å². The average Bonchev–Trinajstić information content (AvgIpc) is 2.49. The molecule has 0 aliphatic carbocycles. The Labute approximate surface area is 89.9 Å². The summed E-state index contributed by atoms with van der Waals surface area (Å²) in [4.78, 5) is 4.38. The fourth-order valence-electron chi connectivity index (χ4n) is 1.76. The first-order chi connectivity index (χ1) is 7.08. The molecule has 0 bridgehead atoms. The lowest BCUT2D eigenvalue weighted by Crippen LogP contribution is -2.03. The summed E-state index contributed by atoms with van der Waals surface area (Å²) in [5.74, 6) is 0.616. The predicted molar refractivity (Wildman–Crippen MR) is 63.7 cm³/mol. The minimum absolute atomic E-state index is 0.616. The van der Waals surface area contributed by atoms with Crippen LogP contribution in [0.3, 0.4) is 0 Å². The van der Waals surface area contributed by atoms with Gasteiger partial charge in [-0.25, -0.2) is 4.98 Å². The summed E-state index contributed by atoms with van der Waals surface area (Å²) >= 11 is 0. The fraction of sp³-hybridized carbons (Fsp3) is 0.417. The number of nitrogen functional groups attached to an aromatic ring is 1. The standard InChI is InChI=1S/C12H17N3/c1-8(2)6-15-7-14-11-4-9(3)10(13)5-12(11)15/h4-5,7-8H,6,13H2,1-3H3. The van der Waals surface area contributed by atoms with E-state index in [4.69, 9.17) is 5.73 Å². The van der Waals surface area contributed by atoms with E-state index in [-0.39, 0.29) is 0 Å². The molecule has 2 N–H and O–H groups in total. The Balaban J connectivity index is 2.54. The van der Waals surface area contributed by atoms with Gasteiger partial charge in [0, 0.05) is 12.2 Å². The lowest BCUT2D eigenvalue weighted by molar-refractivity contribution is 0.533. The quantitative estimate of drug-likeness (QED) is 0.762. The van der Waals surface area contributed by atoms with Crippen LogP contribution < -0.4 is 5.73 Å². The third-order valence-corrected chi connectivity index (χ3v) is 2.57. The molecule has 3 nitrogen and oxygen atoms in total. The molecule has 0 amide bonds. The highest BCUT2D eigenvalue weighted by molar-refractivity contribution is 5.80. The summed E-state index contributed by atoms with van der Waals surface area (Å²) in [6, 6.07) is 4.06. The Kier molecular flexibility index (Phi) is 2.39. The van der Waals surface area contributed by atoms with Crippen molar-refractivity contribution in [3.05, 3.63) is 24.0 Å². The second-order valence-corrected chi connectivity index (χ2v) is 4.49. The number of benzene rings is 1. The van der Waals surface area contributed by atoms with Gasteiger partial charge in [-0.2, -0.15) is 0 Å². The van der Waals surface area contributed by atoms with Crippen LogP contribution in [0.4, 0.5) is 5.69 Å². The normalized spacial score (nSPS) is 11.5. The molecule has 0 saturated heterocycles. The summed E-state index contributed by atoms with van der Waals surface area (Å²) in [6.07, 6.45) is 1.89. The monoisotopic (exact) mass is 203 g/mol. The average molecular weight is 203 g/mol. The maximum absolute atomic E-state index is 5.90. The van der Waals surface area contributed by atoms with E-state index in [1.54, 1.807) is 0 Å². The summed E-state index contributed by atoms with van der Waals surface area (Å²) in [7, 11) is 0. The maximum atomic E-state index is 5.90. The topological polar surface area (TPSA) is 43.8 Å². The minimum Gasteiger partial charge on any atom is -0.398 e. The smallest absolute Gasteiger partial charge is 0.0958 e. The van der Waals surface area contributed by atoms with Crippen molar-refractivity contribution in [3.63, 3.8) is 0 Å². The predicted octanol–water partition coefficient (Wildman–Crippen LogP) is 2.58. The molecule has 1 heterocycles. The fourth-order valence-corrected chi connectivity index (χ4v) is 1.76. The van der Waals surface area contributed by atoms with Gasteiger partial charge in [-0.15, -0.1) is 0 Å². The SMILES string of the molecule is Cc1cc2ncn(CC(C)C)c2cc1N. The molecule has 2 rings (SSSR count). The molecule has 0 aliphatic rings. The number of rotatable bonds is 2. The third-order valence-electron chi connectivity index (χ3n) is 2.57. The molecule has 0 radical (unpaired) electrons. The molecule has 0 atom stereocenters. The maximum Gasteiger partial charge on any atom is 0.0958 e. The van der Waals surface area contributed by atoms with Gasteiger partial charge in [-0.3, -0.25) is 0 Å². The van der Waals surface area contributed by atoms with E-state index < -0.39 is 0 Å². The van der Waals surface area contributed by atoms with Gasteiger partial charge in [-0.1, -0.05) is 13.8 Å². The number of anilines is 1. The Morgan fingerprint density at radius 2 is 2.13 bits per heavy atom. The molecule has 15 heavy (non-hydrogen) atoms. The number of nitrogens with zero attached hydrogens (tertiary/aromatic N) is 2.